The normalized spacial score (nSPS) is 15.6. The van der Waals surface area contributed by atoms with Gasteiger partial charge in [0.15, 0.2) is 16.4 Å². The van der Waals surface area contributed by atoms with Crippen LogP contribution in [0.25, 0.3) is 0 Å². The summed E-state index contributed by atoms with van der Waals surface area (Å²) in [5, 5.41) is 5.32. The second kappa shape index (κ2) is 11.4. The number of hydrogen-bond acceptors (Lipinski definition) is 7. The molecule has 2 heterocycles. The van der Waals surface area contributed by atoms with Crippen LogP contribution in [0.3, 0.4) is 0 Å². The third kappa shape index (κ3) is 5.53. The lowest BCUT2D eigenvalue weighted by atomic mass is 10.1. The van der Waals surface area contributed by atoms with Gasteiger partial charge in [-0.15, -0.1) is 11.3 Å². The highest BCUT2D eigenvalue weighted by Crippen LogP contribution is 2.39. The molecule has 4 rings (SSSR count). The molecule has 1 aliphatic rings. The van der Waals surface area contributed by atoms with E-state index < -0.39 is 15.8 Å². The lowest BCUT2D eigenvalue weighted by Gasteiger charge is -2.29. The number of ketones is 1. The Balaban J connectivity index is 1.52. The fourth-order valence-corrected chi connectivity index (χ4v) is 6.48. The first kappa shape index (κ1) is 26.1. The average molecular weight is 547 g/mol. The van der Waals surface area contributed by atoms with Crippen molar-refractivity contribution in [2.24, 2.45) is 0 Å². The number of benzene rings is 2. The van der Waals surface area contributed by atoms with Crippen molar-refractivity contribution in [2.45, 2.75) is 26.8 Å². The number of nitrogens with one attached hydrogen (secondary N) is 1. The van der Waals surface area contributed by atoms with Crippen LogP contribution in [0.1, 0.15) is 34.6 Å². The van der Waals surface area contributed by atoms with Crippen molar-refractivity contribution < 1.29 is 22.7 Å². The molecule has 3 aromatic rings. The maximum atomic E-state index is 13.5. The highest BCUT2D eigenvalue weighted by Gasteiger charge is 2.41. The number of nitrogens with zero attached hydrogens (tertiary/aromatic N) is 1. The zero-order chi connectivity index (χ0) is 25.7. The Morgan fingerprint density at radius 2 is 1.69 bits per heavy atom. The van der Waals surface area contributed by atoms with Gasteiger partial charge in [-0.1, -0.05) is 29.8 Å². The van der Waals surface area contributed by atoms with Crippen molar-refractivity contribution in [1.82, 2.24) is 5.32 Å². The van der Waals surface area contributed by atoms with E-state index in [2.05, 4.69) is 5.32 Å². The van der Waals surface area contributed by atoms with Gasteiger partial charge in [0.1, 0.15) is 4.88 Å². The second-order valence-electron chi connectivity index (χ2n) is 7.96. The predicted octanol–water partition coefficient (Wildman–Crippen LogP) is 5.41. The Morgan fingerprint density at radius 1 is 1.00 bits per heavy atom. The van der Waals surface area contributed by atoms with E-state index in [1.54, 1.807) is 35.7 Å². The fraction of sp³-hybridized carbons (Fsp3) is 0.269. The SMILES string of the molecule is CCOc1ccc(CCN/C=C2/C(=O)c3sccc3N(Cc3ccc(Cl)cc3)S2(=O)=O)cc1OCC. The maximum absolute atomic E-state index is 13.5. The van der Waals surface area contributed by atoms with Gasteiger partial charge in [0.2, 0.25) is 5.78 Å². The first-order valence-corrected chi connectivity index (χ1v) is 14.3. The van der Waals surface area contributed by atoms with Gasteiger partial charge in [-0.05, 0) is 67.1 Å². The molecule has 0 saturated carbocycles. The van der Waals surface area contributed by atoms with Crippen molar-refractivity contribution in [3.05, 3.63) is 86.0 Å². The molecule has 1 N–H and O–H groups in total. The Labute approximate surface area is 220 Å². The number of hydrogen-bond donors (Lipinski definition) is 1. The van der Waals surface area contributed by atoms with Crippen LogP contribution in [0.5, 0.6) is 11.5 Å². The zero-order valence-corrected chi connectivity index (χ0v) is 22.4. The summed E-state index contributed by atoms with van der Waals surface area (Å²) in [5.41, 5.74) is 2.16. The molecule has 1 aromatic heterocycles. The smallest absolute Gasteiger partial charge is 0.270 e. The van der Waals surface area contributed by atoms with Crippen LogP contribution in [0.2, 0.25) is 5.02 Å². The number of thiophene rings is 1. The monoisotopic (exact) mass is 546 g/mol. The molecule has 10 heteroatoms. The summed E-state index contributed by atoms with van der Waals surface area (Å²) < 4.78 is 39.5. The van der Waals surface area contributed by atoms with Crippen LogP contribution in [-0.2, 0) is 23.0 Å². The van der Waals surface area contributed by atoms with E-state index in [1.807, 2.05) is 32.0 Å². The van der Waals surface area contributed by atoms with Crippen molar-refractivity contribution >= 4 is 44.4 Å². The van der Waals surface area contributed by atoms with E-state index in [1.165, 1.54) is 21.8 Å². The molecule has 0 radical (unpaired) electrons. The number of anilines is 1. The lowest BCUT2D eigenvalue weighted by molar-refractivity contribution is 0.104. The fourth-order valence-electron chi connectivity index (χ4n) is 3.84. The van der Waals surface area contributed by atoms with E-state index in [9.17, 15) is 13.2 Å². The topological polar surface area (TPSA) is 84.9 Å². The number of sulfonamides is 1. The highest BCUT2D eigenvalue weighted by atomic mass is 35.5. The molecule has 190 valence electrons. The predicted molar refractivity (Wildman–Crippen MR) is 144 cm³/mol. The van der Waals surface area contributed by atoms with Gasteiger partial charge in [0.25, 0.3) is 10.0 Å². The first-order chi connectivity index (χ1) is 17.3. The average Bonchev–Trinajstić information content (AvgIpc) is 3.34. The molecule has 7 nitrogen and oxygen atoms in total. The Kier molecular flexibility index (Phi) is 8.23. The minimum Gasteiger partial charge on any atom is -0.490 e. The summed E-state index contributed by atoms with van der Waals surface area (Å²) in [6, 6.07) is 14.4. The van der Waals surface area contributed by atoms with Crippen molar-refractivity contribution in [2.75, 3.05) is 24.1 Å². The summed E-state index contributed by atoms with van der Waals surface area (Å²) in [6.45, 7) is 5.41. The Morgan fingerprint density at radius 3 is 2.42 bits per heavy atom. The molecular weight excluding hydrogens is 520 g/mol. The number of Topliss-reactive ketones (excluding diaryl/α,β-unsaturated/α-hetero) is 1. The van der Waals surface area contributed by atoms with Gasteiger partial charge in [-0.2, -0.15) is 0 Å². The highest BCUT2D eigenvalue weighted by molar-refractivity contribution is 7.97. The minimum atomic E-state index is -4.06. The molecule has 2 aromatic carbocycles. The van der Waals surface area contributed by atoms with Crippen molar-refractivity contribution in [3.63, 3.8) is 0 Å². The van der Waals surface area contributed by atoms with Crippen LogP contribution in [-0.4, -0.2) is 34.0 Å². The Hall–Kier alpha value is -3.01. The third-order valence-corrected chi connectivity index (χ3v) is 8.47. The third-order valence-electron chi connectivity index (χ3n) is 5.55. The molecule has 36 heavy (non-hydrogen) atoms. The molecule has 0 saturated heterocycles. The van der Waals surface area contributed by atoms with Crippen LogP contribution in [0.15, 0.2) is 65.0 Å². The number of allylic oxidation sites excluding steroid dienone is 1. The molecule has 0 amide bonds. The molecule has 0 fully saturated rings. The van der Waals surface area contributed by atoms with Crippen LogP contribution >= 0.6 is 22.9 Å². The summed E-state index contributed by atoms with van der Waals surface area (Å²) >= 11 is 7.20. The zero-order valence-electron chi connectivity index (χ0n) is 20.0. The van der Waals surface area contributed by atoms with E-state index in [0.717, 1.165) is 11.1 Å². The molecular formula is C26H27ClN2O5S2. The van der Waals surface area contributed by atoms with Crippen molar-refractivity contribution in [3.8, 4) is 11.5 Å². The summed E-state index contributed by atoms with van der Waals surface area (Å²) in [7, 11) is -4.06. The van der Waals surface area contributed by atoms with Gasteiger partial charge in [-0.3, -0.25) is 9.10 Å². The van der Waals surface area contributed by atoms with E-state index >= 15 is 0 Å². The van der Waals surface area contributed by atoms with E-state index in [0.29, 0.717) is 53.3 Å². The molecule has 0 atom stereocenters. The number of carbonyl (C=O) groups is 1. The van der Waals surface area contributed by atoms with Gasteiger partial charge in [0.05, 0.1) is 25.4 Å². The number of fused-ring (bicyclic) bond motifs is 1. The first-order valence-electron chi connectivity index (χ1n) is 11.6. The van der Waals surface area contributed by atoms with Crippen LogP contribution < -0.4 is 19.1 Å². The quantitative estimate of drug-likeness (QED) is 0.270. The number of carbonyl (C=O) groups excluding carboxylic acids is 1. The largest absolute Gasteiger partial charge is 0.490 e. The van der Waals surface area contributed by atoms with Crippen LogP contribution in [0.4, 0.5) is 5.69 Å². The second-order valence-corrected chi connectivity index (χ2v) is 11.1. The van der Waals surface area contributed by atoms with E-state index in [-0.39, 0.29) is 11.4 Å². The summed E-state index contributed by atoms with van der Waals surface area (Å²) in [5.74, 6) is 0.854. The Bertz CT molecular complexity index is 1370. The number of rotatable bonds is 10. The standard InChI is InChI=1S/C26H27ClN2O5S2/c1-3-33-22-10-7-18(15-23(22)34-4-2)11-13-28-16-24-25(30)26-21(12-14-35-26)29(36(24,31)32)17-19-5-8-20(27)9-6-19/h5-10,12,14-16,28H,3-4,11,13,17H2,1-2H3/b24-16-. The molecule has 0 unspecified atom stereocenters. The van der Waals surface area contributed by atoms with Gasteiger partial charge in [-0.25, -0.2) is 8.42 Å². The maximum Gasteiger partial charge on any atom is 0.270 e. The number of halogens is 1. The minimum absolute atomic E-state index is 0.0975. The molecule has 0 spiro atoms. The molecule has 1 aliphatic heterocycles. The van der Waals surface area contributed by atoms with Crippen molar-refractivity contribution in [1.29, 1.82) is 0 Å². The van der Waals surface area contributed by atoms with Gasteiger partial charge < -0.3 is 14.8 Å². The molecule has 0 aliphatic carbocycles. The van der Waals surface area contributed by atoms with Gasteiger partial charge >= 0.3 is 0 Å². The summed E-state index contributed by atoms with van der Waals surface area (Å²) in [4.78, 5) is 13.2. The van der Waals surface area contributed by atoms with Crippen LogP contribution in [0, 0.1) is 0 Å². The van der Waals surface area contributed by atoms with E-state index in [4.69, 9.17) is 21.1 Å². The summed E-state index contributed by atoms with van der Waals surface area (Å²) in [6.07, 6.45) is 1.91. The molecule has 0 bridgehead atoms. The lowest BCUT2D eigenvalue weighted by Crippen LogP contribution is -2.38. The number of ether oxygens (including phenoxy) is 2. The van der Waals surface area contributed by atoms with Gasteiger partial charge in [0, 0.05) is 17.8 Å².